The second-order valence-electron chi connectivity index (χ2n) is 7.30. The zero-order chi connectivity index (χ0) is 18.8. The van der Waals surface area contributed by atoms with Crippen molar-refractivity contribution in [3.63, 3.8) is 0 Å². The van der Waals surface area contributed by atoms with Crippen molar-refractivity contribution in [1.29, 1.82) is 0 Å². The average Bonchev–Trinajstić information content (AvgIpc) is 3.06. The number of aryl methyl sites for hydroxylation is 3. The molecule has 0 aliphatic rings. The lowest BCUT2D eigenvalue weighted by atomic mass is 10.1. The van der Waals surface area contributed by atoms with E-state index in [1.54, 1.807) is 0 Å². The van der Waals surface area contributed by atoms with E-state index in [1.807, 2.05) is 0 Å². The zero-order valence-corrected chi connectivity index (χ0v) is 16.5. The van der Waals surface area contributed by atoms with Crippen LogP contribution in [0, 0.1) is 6.92 Å². The number of rotatable bonds is 6. The van der Waals surface area contributed by atoms with Crippen LogP contribution in [0.1, 0.15) is 49.3 Å². The number of imidazole rings is 1. The van der Waals surface area contributed by atoms with E-state index < -0.39 is 0 Å². The van der Waals surface area contributed by atoms with Gasteiger partial charge in [0.05, 0.1) is 16.7 Å². The Bertz CT molecular complexity index is 1070. The van der Waals surface area contributed by atoms with Crippen molar-refractivity contribution in [2.24, 2.45) is 0 Å². The van der Waals surface area contributed by atoms with Crippen LogP contribution in [0.4, 0.5) is 0 Å². The topological polar surface area (TPSA) is 30.7 Å². The van der Waals surface area contributed by atoms with Crippen molar-refractivity contribution in [2.45, 2.75) is 53.0 Å². The Kier molecular flexibility index (Phi) is 4.93. The maximum atomic E-state index is 5.03. The van der Waals surface area contributed by atoms with Gasteiger partial charge in [0.2, 0.25) is 0 Å². The summed E-state index contributed by atoms with van der Waals surface area (Å²) in [6.45, 7) is 7.36. The highest BCUT2D eigenvalue weighted by Gasteiger charge is 2.16. The fourth-order valence-electron chi connectivity index (χ4n) is 3.79. The highest BCUT2D eigenvalue weighted by Crippen LogP contribution is 2.28. The summed E-state index contributed by atoms with van der Waals surface area (Å²) in [5.74, 6) is 1.17. The first-order valence-electron chi connectivity index (χ1n) is 10.0. The molecule has 2 heterocycles. The van der Waals surface area contributed by atoms with Crippen molar-refractivity contribution in [3.05, 3.63) is 71.2 Å². The molecule has 0 radical (unpaired) electrons. The standard InChI is InChI=1S/C24H27N3/c1-4-6-11-22-26-23-17(3)25-21-10-8-7-9-20(21)24(23)27(22)16-19-14-12-18(5-2)13-15-19/h7-10,12-15H,4-6,11,16H2,1-3H3. The number of unbranched alkanes of at least 4 members (excludes halogenated alkanes) is 1. The Hall–Kier alpha value is -2.68. The van der Waals surface area contributed by atoms with Gasteiger partial charge in [0.15, 0.2) is 0 Å². The van der Waals surface area contributed by atoms with Gasteiger partial charge in [-0.2, -0.15) is 0 Å². The first-order chi connectivity index (χ1) is 13.2. The lowest BCUT2D eigenvalue weighted by Crippen LogP contribution is -2.06. The highest BCUT2D eigenvalue weighted by molar-refractivity contribution is 6.03. The minimum absolute atomic E-state index is 0.854. The molecule has 0 amide bonds. The van der Waals surface area contributed by atoms with Crippen molar-refractivity contribution < 1.29 is 0 Å². The molecule has 0 aliphatic heterocycles. The number of benzene rings is 2. The van der Waals surface area contributed by atoms with Crippen LogP contribution < -0.4 is 0 Å². The summed E-state index contributed by atoms with van der Waals surface area (Å²) in [5.41, 5.74) is 7.04. The van der Waals surface area contributed by atoms with Crippen molar-refractivity contribution in [2.75, 3.05) is 0 Å². The van der Waals surface area contributed by atoms with E-state index in [1.165, 1.54) is 34.3 Å². The highest BCUT2D eigenvalue weighted by atomic mass is 15.1. The van der Waals surface area contributed by atoms with Gasteiger partial charge in [-0.25, -0.2) is 4.98 Å². The van der Waals surface area contributed by atoms with Gasteiger partial charge in [0.1, 0.15) is 11.3 Å². The number of hydrogen-bond donors (Lipinski definition) is 0. The quantitative estimate of drug-likeness (QED) is 0.433. The number of hydrogen-bond acceptors (Lipinski definition) is 2. The monoisotopic (exact) mass is 357 g/mol. The molecule has 0 spiro atoms. The van der Waals surface area contributed by atoms with Gasteiger partial charge in [-0.1, -0.05) is 62.7 Å². The summed E-state index contributed by atoms with van der Waals surface area (Å²) < 4.78 is 2.42. The number of pyridine rings is 1. The molecule has 0 unspecified atom stereocenters. The van der Waals surface area contributed by atoms with Crippen molar-refractivity contribution in [1.82, 2.24) is 14.5 Å². The second-order valence-corrected chi connectivity index (χ2v) is 7.30. The van der Waals surface area contributed by atoms with Crippen LogP contribution in [-0.4, -0.2) is 14.5 Å². The summed E-state index contributed by atoms with van der Waals surface area (Å²) in [6.07, 6.45) is 4.41. The van der Waals surface area contributed by atoms with Gasteiger partial charge >= 0.3 is 0 Å². The molecule has 4 aromatic rings. The predicted octanol–water partition coefficient (Wildman–Crippen LogP) is 5.85. The SMILES string of the molecule is CCCCc1nc2c(C)nc3ccccc3c2n1Cc1ccc(CC)cc1. The van der Waals surface area contributed by atoms with Gasteiger partial charge in [-0.15, -0.1) is 0 Å². The molecule has 3 nitrogen and oxygen atoms in total. The van der Waals surface area contributed by atoms with Gasteiger partial charge in [0, 0.05) is 18.4 Å². The number of fused-ring (bicyclic) bond motifs is 3. The summed E-state index contributed by atoms with van der Waals surface area (Å²) in [5, 5.41) is 1.19. The molecular weight excluding hydrogens is 330 g/mol. The lowest BCUT2D eigenvalue weighted by molar-refractivity contribution is 0.690. The average molecular weight is 358 g/mol. The molecular formula is C24H27N3. The Morgan fingerprint density at radius 2 is 1.63 bits per heavy atom. The normalized spacial score (nSPS) is 11.5. The minimum atomic E-state index is 0.854. The molecule has 0 atom stereocenters. The Morgan fingerprint density at radius 3 is 2.37 bits per heavy atom. The van der Waals surface area contributed by atoms with E-state index in [-0.39, 0.29) is 0 Å². The maximum Gasteiger partial charge on any atom is 0.111 e. The first kappa shape index (κ1) is 17.7. The first-order valence-corrected chi connectivity index (χ1v) is 10.0. The third-order valence-corrected chi connectivity index (χ3v) is 5.36. The molecule has 2 aromatic carbocycles. The van der Waals surface area contributed by atoms with E-state index in [4.69, 9.17) is 9.97 Å². The lowest BCUT2D eigenvalue weighted by Gasteiger charge is -2.11. The van der Waals surface area contributed by atoms with Crippen LogP contribution in [0.2, 0.25) is 0 Å². The molecule has 27 heavy (non-hydrogen) atoms. The molecule has 0 aliphatic carbocycles. The molecule has 0 N–H and O–H groups in total. The summed E-state index contributed by atoms with van der Waals surface area (Å²) in [4.78, 5) is 9.82. The molecule has 0 fully saturated rings. The minimum Gasteiger partial charge on any atom is -0.323 e. The fraction of sp³-hybridized carbons (Fsp3) is 0.333. The Labute approximate surface area is 161 Å². The molecule has 0 bridgehead atoms. The van der Waals surface area contributed by atoms with Gasteiger partial charge in [-0.3, -0.25) is 4.98 Å². The molecule has 0 saturated heterocycles. The molecule has 2 aromatic heterocycles. The maximum absolute atomic E-state index is 5.03. The number of aromatic nitrogens is 3. The van der Waals surface area contributed by atoms with Crippen molar-refractivity contribution in [3.8, 4) is 0 Å². The van der Waals surface area contributed by atoms with Crippen LogP contribution in [-0.2, 0) is 19.4 Å². The van der Waals surface area contributed by atoms with Gasteiger partial charge in [-0.05, 0) is 37.0 Å². The van der Waals surface area contributed by atoms with E-state index in [0.29, 0.717) is 0 Å². The van der Waals surface area contributed by atoms with Crippen LogP contribution in [0.5, 0.6) is 0 Å². The Balaban J connectivity index is 1.91. The molecule has 4 rings (SSSR count). The van der Waals surface area contributed by atoms with Crippen LogP contribution in [0.3, 0.4) is 0 Å². The number of nitrogens with zero attached hydrogens (tertiary/aromatic N) is 3. The summed E-state index contributed by atoms with van der Waals surface area (Å²) >= 11 is 0. The zero-order valence-electron chi connectivity index (χ0n) is 16.5. The van der Waals surface area contributed by atoms with E-state index in [9.17, 15) is 0 Å². The third-order valence-electron chi connectivity index (χ3n) is 5.36. The van der Waals surface area contributed by atoms with Crippen LogP contribution in [0.15, 0.2) is 48.5 Å². The Morgan fingerprint density at radius 1 is 0.889 bits per heavy atom. The molecule has 3 heteroatoms. The van der Waals surface area contributed by atoms with E-state index in [0.717, 1.165) is 42.5 Å². The van der Waals surface area contributed by atoms with E-state index in [2.05, 4.69) is 73.9 Å². The molecule has 138 valence electrons. The summed E-state index contributed by atoms with van der Waals surface area (Å²) in [7, 11) is 0. The van der Waals surface area contributed by atoms with Crippen LogP contribution in [0.25, 0.3) is 21.9 Å². The third kappa shape index (κ3) is 3.34. The summed E-state index contributed by atoms with van der Waals surface area (Å²) in [6, 6.07) is 17.4. The smallest absolute Gasteiger partial charge is 0.111 e. The van der Waals surface area contributed by atoms with E-state index >= 15 is 0 Å². The van der Waals surface area contributed by atoms with Crippen molar-refractivity contribution >= 4 is 21.9 Å². The van der Waals surface area contributed by atoms with Gasteiger partial charge < -0.3 is 4.57 Å². The molecule has 0 saturated carbocycles. The fourth-order valence-corrected chi connectivity index (χ4v) is 3.79. The second kappa shape index (κ2) is 7.51. The number of para-hydroxylation sites is 1. The van der Waals surface area contributed by atoms with Gasteiger partial charge in [0.25, 0.3) is 0 Å². The van der Waals surface area contributed by atoms with Crippen LogP contribution >= 0.6 is 0 Å². The largest absolute Gasteiger partial charge is 0.323 e. The predicted molar refractivity (Wildman–Crippen MR) is 113 cm³/mol.